The Kier molecular flexibility index (Phi) is 11.5. The number of hydrogen-bond acceptors (Lipinski definition) is 5. The third-order valence-corrected chi connectivity index (χ3v) is 15.5. The van der Waals surface area contributed by atoms with Gasteiger partial charge in [0.1, 0.15) is 12.2 Å². The molecule has 0 saturated carbocycles. The Hall–Kier alpha value is -0.0262. The van der Waals surface area contributed by atoms with Crippen molar-refractivity contribution >= 4 is 16.6 Å². The minimum Gasteiger partial charge on any atom is -0.417 e. The van der Waals surface area contributed by atoms with Crippen molar-refractivity contribution in [3.63, 3.8) is 0 Å². The Morgan fingerprint density at radius 1 is 0.897 bits per heavy atom. The Bertz CT molecular complexity index is 481. The first-order valence-corrected chi connectivity index (χ1v) is 16.7. The molecule has 29 heavy (non-hydrogen) atoms. The average molecular weight is 449 g/mol. The number of rotatable bonds is 13. The molecule has 174 valence electrons. The van der Waals surface area contributed by atoms with Crippen molar-refractivity contribution in [3.05, 3.63) is 12.7 Å². The number of aliphatic hydroxyl groups excluding tert-OH is 2. The summed E-state index contributed by atoms with van der Waals surface area (Å²) >= 11 is 0. The maximum atomic E-state index is 10.3. The second-order valence-corrected chi connectivity index (χ2v) is 20.5. The predicted molar refractivity (Wildman–Crippen MR) is 127 cm³/mol. The third kappa shape index (κ3) is 9.33. The zero-order valence-corrected chi connectivity index (χ0v) is 22.7. The molecule has 0 unspecified atom stereocenters. The molecule has 0 bridgehead atoms. The van der Waals surface area contributed by atoms with Crippen molar-refractivity contribution in [1.29, 1.82) is 0 Å². The van der Waals surface area contributed by atoms with Crippen LogP contribution >= 0.6 is 0 Å². The molecule has 0 rings (SSSR count). The lowest BCUT2D eigenvalue weighted by Crippen LogP contribution is -2.50. The quantitative estimate of drug-likeness (QED) is 0.233. The maximum absolute atomic E-state index is 10.3. The van der Waals surface area contributed by atoms with Gasteiger partial charge in [-0.2, -0.15) is 0 Å². The van der Waals surface area contributed by atoms with E-state index in [9.17, 15) is 10.2 Å². The van der Waals surface area contributed by atoms with E-state index >= 15 is 0 Å². The van der Waals surface area contributed by atoms with E-state index in [1.165, 1.54) is 0 Å². The topological polar surface area (TPSA) is 68.2 Å². The summed E-state index contributed by atoms with van der Waals surface area (Å²) in [5.74, 6) is 0. The van der Waals surface area contributed by atoms with E-state index in [1.54, 1.807) is 6.08 Å². The van der Waals surface area contributed by atoms with Gasteiger partial charge in [-0.15, -0.1) is 6.58 Å². The lowest BCUT2D eigenvalue weighted by molar-refractivity contribution is -0.0967. The fraction of sp³-hybridized carbons (Fsp3) is 0.909. The van der Waals surface area contributed by atoms with Crippen LogP contribution in [0.4, 0.5) is 0 Å². The largest absolute Gasteiger partial charge is 0.417 e. The van der Waals surface area contributed by atoms with Crippen LogP contribution in [0.5, 0.6) is 0 Å². The summed E-state index contributed by atoms with van der Waals surface area (Å²) in [5.41, 5.74) is 0. The van der Waals surface area contributed by atoms with Gasteiger partial charge in [-0.3, -0.25) is 0 Å². The molecule has 0 spiro atoms. The fourth-order valence-electron chi connectivity index (χ4n) is 2.26. The van der Waals surface area contributed by atoms with Crippen molar-refractivity contribution in [3.8, 4) is 0 Å². The van der Waals surface area contributed by atoms with Gasteiger partial charge in [-0.05, 0) is 49.1 Å². The Morgan fingerprint density at radius 3 is 1.79 bits per heavy atom. The van der Waals surface area contributed by atoms with E-state index in [0.29, 0.717) is 6.61 Å². The van der Waals surface area contributed by atoms with Gasteiger partial charge in [0, 0.05) is 13.2 Å². The lowest BCUT2D eigenvalue weighted by Gasteiger charge is -2.41. The van der Waals surface area contributed by atoms with E-state index in [4.69, 9.17) is 13.6 Å². The first kappa shape index (κ1) is 29.0. The molecule has 0 aliphatic carbocycles. The zero-order chi connectivity index (χ0) is 23.1. The minimum atomic E-state index is -2.07. The van der Waals surface area contributed by atoms with Gasteiger partial charge in [0.25, 0.3) is 0 Å². The monoisotopic (exact) mass is 448 g/mol. The van der Waals surface area contributed by atoms with Crippen LogP contribution in [0.1, 0.15) is 54.4 Å². The molecule has 0 amide bonds. The summed E-state index contributed by atoms with van der Waals surface area (Å²) in [4.78, 5) is 0. The van der Waals surface area contributed by atoms with Gasteiger partial charge in [-0.1, -0.05) is 47.6 Å². The molecular weight excluding hydrogens is 400 g/mol. The number of hydrogen-bond donors (Lipinski definition) is 2. The van der Waals surface area contributed by atoms with Crippen molar-refractivity contribution in [2.75, 3.05) is 19.8 Å². The van der Waals surface area contributed by atoms with E-state index < -0.39 is 34.9 Å². The van der Waals surface area contributed by atoms with Crippen molar-refractivity contribution in [2.24, 2.45) is 0 Å². The van der Waals surface area contributed by atoms with Gasteiger partial charge in [0.15, 0.2) is 16.6 Å². The van der Waals surface area contributed by atoms with E-state index in [1.807, 2.05) is 0 Å². The van der Waals surface area contributed by atoms with Gasteiger partial charge in [0.2, 0.25) is 0 Å². The summed E-state index contributed by atoms with van der Waals surface area (Å²) in [7, 11) is -3.79. The first-order chi connectivity index (χ1) is 13.0. The molecule has 0 aliphatic heterocycles. The third-order valence-electron chi connectivity index (χ3n) is 6.48. The summed E-state index contributed by atoms with van der Waals surface area (Å²) in [6.45, 7) is 26.7. The van der Waals surface area contributed by atoms with E-state index in [-0.39, 0.29) is 16.7 Å². The molecule has 0 aromatic rings. The highest BCUT2D eigenvalue weighted by Crippen LogP contribution is 2.38. The Morgan fingerprint density at radius 2 is 1.38 bits per heavy atom. The first-order valence-electron chi connectivity index (χ1n) is 10.8. The van der Waals surface area contributed by atoms with Crippen LogP contribution in [0.25, 0.3) is 0 Å². The molecular formula is C22H48O5Si2. The number of unbranched alkanes of at least 4 members (excludes halogenated alkanes) is 1. The highest BCUT2D eigenvalue weighted by atomic mass is 28.4. The van der Waals surface area contributed by atoms with Crippen LogP contribution in [0.15, 0.2) is 12.7 Å². The molecule has 3 atom stereocenters. The van der Waals surface area contributed by atoms with Crippen LogP contribution < -0.4 is 0 Å². The molecule has 0 fully saturated rings. The number of aliphatic hydroxyl groups is 2. The van der Waals surface area contributed by atoms with Crippen LogP contribution in [0.3, 0.4) is 0 Å². The summed E-state index contributed by atoms with van der Waals surface area (Å²) in [5, 5.41) is 20.0. The summed E-state index contributed by atoms with van der Waals surface area (Å²) < 4.78 is 18.6. The molecule has 2 N–H and O–H groups in total. The van der Waals surface area contributed by atoms with E-state index in [2.05, 4.69) is 74.3 Å². The standard InChI is InChI=1S/C22H48O5Si2/c1-12-19(27-29(10,11)22(5,6)7)20(18(24)17-23)25-15-13-14-16-26-28(8,9)21(2,3)4/h12,18-20,23-24H,1,13-17H2,2-11H3/t18-,19-,20+/m1/s1. The molecule has 0 aromatic heterocycles. The smallest absolute Gasteiger partial charge is 0.193 e. The Labute approximate surface area is 182 Å². The molecule has 0 radical (unpaired) electrons. The normalized spacial score (nSPS) is 17.1. The van der Waals surface area contributed by atoms with Crippen molar-refractivity contribution < 1.29 is 23.8 Å². The molecule has 7 heteroatoms. The minimum absolute atomic E-state index is 0.0318. The van der Waals surface area contributed by atoms with Crippen molar-refractivity contribution in [1.82, 2.24) is 0 Å². The highest BCUT2D eigenvalue weighted by molar-refractivity contribution is 6.74. The van der Waals surface area contributed by atoms with Crippen LogP contribution in [0, 0.1) is 0 Å². The lowest BCUT2D eigenvalue weighted by atomic mass is 10.1. The molecule has 5 nitrogen and oxygen atoms in total. The van der Waals surface area contributed by atoms with Gasteiger partial charge in [-0.25, -0.2) is 0 Å². The fourth-order valence-corrected chi connectivity index (χ4v) is 4.61. The second-order valence-electron chi connectivity index (χ2n) is 11.0. The highest BCUT2D eigenvalue weighted by Gasteiger charge is 2.41. The van der Waals surface area contributed by atoms with Crippen LogP contribution in [0.2, 0.25) is 36.3 Å². The summed E-state index contributed by atoms with van der Waals surface area (Å²) in [6, 6.07) is 0. The second kappa shape index (κ2) is 11.6. The molecule has 0 aromatic carbocycles. The zero-order valence-electron chi connectivity index (χ0n) is 20.7. The van der Waals surface area contributed by atoms with Crippen LogP contribution in [-0.4, -0.2) is 65.0 Å². The predicted octanol–water partition coefficient (Wildman–Crippen LogP) is 5.10. The number of ether oxygens (including phenoxy) is 1. The molecule has 0 aliphatic rings. The van der Waals surface area contributed by atoms with Crippen LogP contribution in [-0.2, 0) is 13.6 Å². The van der Waals surface area contributed by atoms with Gasteiger partial charge in [0.05, 0.1) is 12.7 Å². The average Bonchev–Trinajstić information content (AvgIpc) is 2.56. The van der Waals surface area contributed by atoms with Crippen molar-refractivity contribution in [2.45, 2.75) is 109 Å². The summed E-state index contributed by atoms with van der Waals surface area (Å²) in [6.07, 6.45) is 1.31. The molecule has 0 heterocycles. The van der Waals surface area contributed by atoms with Gasteiger partial charge >= 0.3 is 0 Å². The van der Waals surface area contributed by atoms with Gasteiger partial charge < -0.3 is 23.8 Å². The van der Waals surface area contributed by atoms with E-state index in [0.717, 1.165) is 19.4 Å². The Balaban J connectivity index is 4.76. The molecule has 0 saturated heterocycles. The maximum Gasteiger partial charge on any atom is 0.193 e. The SMILES string of the molecule is C=C[C@@H](O[Si](C)(C)C(C)(C)C)[C@@H](OCCCCO[Si](C)(C)C(C)(C)C)[C@H](O)CO.